The highest BCUT2D eigenvalue weighted by Crippen LogP contribution is 2.15. The van der Waals surface area contributed by atoms with Gasteiger partial charge in [0.25, 0.3) is 8.32 Å². The normalized spacial score (nSPS) is 11.3. The lowest BCUT2D eigenvalue weighted by atomic mass is 10.1. The van der Waals surface area contributed by atoms with Crippen LogP contribution in [0.5, 0.6) is 0 Å². The number of benzene rings is 2. The van der Waals surface area contributed by atoms with Crippen LogP contribution >= 0.6 is 0 Å². The zero-order valence-corrected chi connectivity index (χ0v) is 10.1. The molecule has 2 aromatic rings. The van der Waals surface area contributed by atoms with Gasteiger partial charge in [-0.3, -0.25) is 0 Å². The van der Waals surface area contributed by atoms with Gasteiger partial charge in [0.05, 0.1) is 0 Å². The molecule has 0 saturated heterocycles. The van der Waals surface area contributed by atoms with E-state index >= 15 is 0 Å². The fraction of sp³-hybridized carbons (Fsp3) is 0. The predicted octanol–water partition coefficient (Wildman–Crippen LogP) is 2.44. The average molecular weight is 226 g/mol. The monoisotopic (exact) mass is 226 g/mol. The van der Waals surface area contributed by atoms with Crippen molar-refractivity contribution in [3.63, 3.8) is 0 Å². The second-order valence-electron chi connectivity index (χ2n) is 3.76. The summed E-state index contributed by atoms with van der Waals surface area (Å²) in [6.07, 6.45) is 0. The van der Waals surface area contributed by atoms with Crippen LogP contribution in [0, 0.1) is 0 Å². The Morgan fingerprint density at radius 3 is 2.25 bits per heavy atom. The van der Waals surface area contributed by atoms with Crippen LogP contribution in [0.25, 0.3) is 10.8 Å². The molecule has 0 unspecified atom stereocenters. The van der Waals surface area contributed by atoms with E-state index in [1.54, 1.807) is 11.4 Å². The third-order valence-corrected chi connectivity index (χ3v) is 5.39. The SMILES string of the molecule is C=C[Si](O)(C=C)c1cccc2ccccc12. The van der Waals surface area contributed by atoms with Crippen molar-refractivity contribution in [2.75, 3.05) is 0 Å². The fourth-order valence-corrected chi connectivity index (χ4v) is 3.51. The first kappa shape index (κ1) is 10.9. The quantitative estimate of drug-likeness (QED) is 0.797. The minimum absolute atomic E-state index is 0.954. The molecule has 0 atom stereocenters. The average Bonchev–Trinajstić information content (AvgIpc) is 2.37. The highest BCUT2D eigenvalue weighted by Gasteiger charge is 2.27. The van der Waals surface area contributed by atoms with Crippen LogP contribution in [0.3, 0.4) is 0 Å². The van der Waals surface area contributed by atoms with Gasteiger partial charge in [-0.1, -0.05) is 53.9 Å². The third-order valence-electron chi connectivity index (χ3n) is 2.84. The number of fused-ring (bicyclic) bond motifs is 1. The summed E-state index contributed by atoms with van der Waals surface area (Å²) in [7, 11) is -2.71. The molecule has 1 N–H and O–H groups in total. The molecular formula is C14H14OSi. The lowest BCUT2D eigenvalue weighted by Crippen LogP contribution is -2.45. The van der Waals surface area contributed by atoms with Gasteiger partial charge in [0.1, 0.15) is 0 Å². The molecule has 0 radical (unpaired) electrons. The Hall–Kier alpha value is -1.64. The smallest absolute Gasteiger partial charge is 0.270 e. The first-order valence-electron chi connectivity index (χ1n) is 5.19. The molecule has 0 amide bonds. The van der Waals surface area contributed by atoms with Gasteiger partial charge in [-0.25, -0.2) is 0 Å². The summed E-state index contributed by atoms with van der Waals surface area (Å²) in [6.45, 7) is 7.45. The van der Waals surface area contributed by atoms with Crippen LogP contribution in [-0.2, 0) is 0 Å². The van der Waals surface area contributed by atoms with E-state index in [0.29, 0.717) is 0 Å². The van der Waals surface area contributed by atoms with E-state index in [1.165, 1.54) is 0 Å². The first-order chi connectivity index (χ1) is 7.71. The molecule has 0 spiro atoms. The van der Waals surface area contributed by atoms with E-state index < -0.39 is 8.32 Å². The minimum Gasteiger partial charge on any atom is -0.421 e. The lowest BCUT2D eigenvalue weighted by Gasteiger charge is -2.18. The van der Waals surface area contributed by atoms with Gasteiger partial charge < -0.3 is 4.80 Å². The predicted molar refractivity (Wildman–Crippen MR) is 71.9 cm³/mol. The first-order valence-corrected chi connectivity index (χ1v) is 7.29. The van der Waals surface area contributed by atoms with Crippen molar-refractivity contribution in [2.24, 2.45) is 0 Å². The molecule has 0 heterocycles. The van der Waals surface area contributed by atoms with Gasteiger partial charge in [-0.15, -0.1) is 13.2 Å². The second-order valence-corrected chi connectivity index (χ2v) is 6.77. The summed E-state index contributed by atoms with van der Waals surface area (Å²) in [5, 5.41) is 3.17. The molecule has 2 rings (SSSR count). The summed E-state index contributed by atoms with van der Waals surface area (Å²) in [5.74, 6) is 0. The summed E-state index contributed by atoms with van der Waals surface area (Å²) in [4.78, 5) is 10.5. The minimum atomic E-state index is -2.71. The molecule has 0 saturated carbocycles. The van der Waals surface area contributed by atoms with Crippen LogP contribution in [0.1, 0.15) is 0 Å². The van der Waals surface area contributed by atoms with Gasteiger partial charge in [0, 0.05) is 0 Å². The van der Waals surface area contributed by atoms with E-state index in [4.69, 9.17) is 0 Å². The zero-order valence-electron chi connectivity index (χ0n) is 9.06. The molecule has 2 heteroatoms. The highest BCUT2D eigenvalue weighted by molar-refractivity contribution is 6.95. The van der Waals surface area contributed by atoms with Crippen molar-refractivity contribution in [3.05, 3.63) is 67.0 Å². The van der Waals surface area contributed by atoms with Crippen molar-refractivity contribution >= 4 is 24.3 Å². The molecule has 0 aliphatic carbocycles. The van der Waals surface area contributed by atoms with Gasteiger partial charge in [-0.05, 0) is 16.0 Å². The van der Waals surface area contributed by atoms with Crippen LogP contribution in [0.15, 0.2) is 67.0 Å². The second kappa shape index (κ2) is 4.08. The van der Waals surface area contributed by atoms with Gasteiger partial charge in [0.2, 0.25) is 0 Å². The molecule has 0 bridgehead atoms. The Morgan fingerprint density at radius 1 is 0.938 bits per heavy atom. The van der Waals surface area contributed by atoms with Crippen LogP contribution in [0.2, 0.25) is 0 Å². The Bertz CT molecular complexity index is 532. The van der Waals surface area contributed by atoms with Crippen molar-refractivity contribution < 1.29 is 4.80 Å². The van der Waals surface area contributed by atoms with E-state index in [-0.39, 0.29) is 0 Å². The van der Waals surface area contributed by atoms with Crippen molar-refractivity contribution in [3.8, 4) is 0 Å². The van der Waals surface area contributed by atoms with E-state index in [0.717, 1.165) is 16.0 Å². The van der Waals surface area contributed by atoms with Crippen molar-refractivity contribution in [1.82, 2.24) is 0 Å². The highest BCUT2D eigenvalue weighted by atomic mass is 28.4. The van der Waals surface area contributed by atoms with Crippen LogP contribution in [0.4, 0.5) is 0 Å². The summed E-state index contributed by atoms with van der Waals surface area (Å²) < 4.78 is 0. The lowest BCUT2D eigenvalue weighted by molar-refractivity contribution is 0.581. The van der Waals surface area contributed by atoms with Gasteiger partial charge in [-0.2, -0.15) is 0 Å². The molecule has 16 heavy (non-hydrogen) atoms. The number of hydrogen-bond donors (Lipinski definition) is 1. The van der Waals surface area contributed by atoms with Gasteiger partial charge >= 0.3 is 0 Å². The molecular weight excluding hydrogens is 212 g/mol. The molecule has 80 valence electrons. The molecule has 1 nitrogen and oxygen atoms in total. The third kappa shape index (κ3) is 1.62. The number of hydrogen-bond acceptors (Lipinski definition) is 1. The Balaban J connectivity index is 2.78. The Labute approximate surface area is 96.5 Å². The molecule has 0 fully saturated rings. The standard InChI is InChI=1S/C14H14OSi/c1-3-16(15,4-2)14-11-7-9-12-8-5-6-10-13(12)14/h3-11,15H,1-2H2. The van der Waals surface area contributed by atoms with E-state index in [9.17, 15) is 4.80 Å². The maximum Gasteiger partial charge on any atom is 0.270 e. The van der Waals surface area contributed by atoms with E-state index in [1.807, 2.05) is 42.5 Å². The Morgan fingerprint density at radius 2 is 1.56 bits per heavy atom. The number of rotatable bonds is 3. The van der Waals surface area contributed by atoms with Crippen LogP contribution in [-0.4, -0.2) is 13.1 Å². The molecule has 2 aromatic carbocycles. The largest absolute Gasteiger partial charge is 0.421 e. The summed E-state index contributed by atoms with van der Waals surface area (Å²) in [6, 6.07) is 14.0. The fourth-order valence-electron chi connectivity index (χ4n) is 1.88. The summed E-state index contributed by atoms with van der Waals surface area (Å²) in [5.41, 5.74) is 3.28. The Kier molecular flexibility index (Phi) is 2.77. The van der Waals surface area contributed by atoms with Crippen molar-refractivity contribution in [1.29, 1.82) is 0 Å². The van der Waals surface area contributed by atoms with Crippen LogP contribution < -0.4 is 5.19 Å². The molecule has 0 aromatic heterocycles. The zero-order chi connectivity index (χ0) is 11.6. The van der Waals surface area contributed by atoms with Gasteiger partial charge in [0.15, 0.2) is 0 Å². The maximum absolute atomic E-state index is 10.5. The van der Waals surface area contributed by atoms with E-state index in [2.05, 4.69) is 13.2 Å². The molecule has 0 aliphatic heterocycles. The summed E-state index contributed by atoms with van der Waals surface area (Å²) >= 11 is 0. The maximum atomic E-state index is 10.5. The molecule has 0 aliphatic rings. The van der Waals surface area contributed by atoms with Crippen molar-refractivity contribution in [2.45, 2.75) is 0 Å². The topological polar surface area (TPSA) is 20.2 Å².